The zero-order valence-electron chi connectivity index (χ0n) is 5.88. The molecular formula is C4H8CuMnN2S4. The molecule has 0 spiro atoms. The summed E-state index contributed by atoms with van der Waals surface area (Å²) in [6.45, 7) is 0. The van der Waals surface area contributed by atoms with Crippen LogP contribution in [0.15, 0.2) is 0 Å². The van der Waals surface area contributed by atoms with Crippen LogP contribution in [-0.4, -0.2) is 20.1 Å². The van der Waals surface area contributed by atoms with Gasteiger partial charge in [0.25, 0.3) is 0 Å². The molecule has 0 aromatic carbocycles. The van der Waals surface area contributed by atoms with Crippen LogP contribution in [0, 0.1) is 0 Å². The summed E-state index contributed by atoms with van der Waals surface area (Å²) in [6.07, 6.45) is 0. The Balaban J connectivity index is -0.000000405. The van der Waals surface area contributed by atoms with Crippen molar-refractivity contribution < 1.29 is 34.1 Å². The molecule has 2 nitrogen and oxygen atoms in total. The van der Waals surface area contributed by atoms with E-state index in [0.717, 1.165) is 11.5 Å². The number of nitrogens with two attached hydrogens (primary N) is 2. The molecule has 0 aliphatic heterocycles. The van der Waals surface area contributed by atoms with E-state index in [1.165, 1.54) is 23.5 Å². The second-order valence-corrected chi connectivity index (χ2v) is 5.00. The van der Waals surface area contributed by atoms with E-state index < -0.39 is 0 Å². The van der Waals surface area contributed by atoms with Crippen molar-refractivity contribution in [2.24, 2.45) is 11.5 Å². The van der Waals surface area contributed by atoms with Crippen molar-refractivity contribution in [3.8, 4) is 0 Å². The molecule has 0 unspecified atom stereocenters. The fourth-order valence-corrected chi connectivity index (χ4v) is 1.85. The molecular weight excluding hydrogens is 323 g/mol. The molecule has 0 heterocycles. The smallest absolute Gasteiger partial charge is 0.131 e. The van der Waals surface area contributed by atoms with Gasteiger partial charge < -0.3 is 11.5 Å². The van der Waals surface area contributed by atoms with Crippen molar-refractivity contribution in [2.45, 2.75) is 0 Å². The van der Waals surface area contributed by atoms with Gasteiger partial charge in [-0.15, -0.1) is 0 Å². The van der Waals surface area contributed by atoms with Gasteiger partial charge >= 0.3 is 0 Å². The average molecular weight is 331 g/mol. The Hall–Kier alpha value is 1.52. The number of hydrogen-bond acceptors (Lipinski definition) is 4. The van der Waals surface area contributed by atoms with Gasteiger partial charge in [0.2, 0.25) is 0 Å². The minimum absolute atomic E-state index is 0. The Morgan fingerprint density at radius 1 is 1.00 bits per heavy atom. The molecule has 2 radical (unpaired) electrons. The van der Waals surface area contributed by atoms with Gasteiger partial charge in [-0.2, -0.15) is 0 Å². The maximum absolute atomic E-state index is 5.23. The average Bonchev–Trinajstić information content (AvgIpc) is 1.79. The molecule has 0 aromatic heterocycles. The number of hydrogen-bond donors (Lipinski definition) is 2. The monoisotopic (exact) mass is 330 g/mol. The van der Waals surface area contributed by atoms with Gasteiger partial charge in [-0.3, -0.25) is 0 Å². The van der Waals surface area contributed by atoms with Gasteiger partial charge in [0, 0.05) is 45.6 Å². The first-order valence-electron chi connectivity index (χ1n) is 2.47. The van der Waals surface area contributed by atoms with Crippen LogP contribution >= 0.6 is 48.0 Å². The van der Waals surface area contributed by atoms with Gasteiger partial charge in [0.1, 0.15) is 8.64 Å². The predicted octanol–water partition coefficient (Wildman–Crippen LogP) is 0.935. The molecule has 0 aliphatic carbocycles. The quantitative estimate of drug-likeness (QED) is 0.456. The van der Waals surface area contributed by atoms with Gasteiger partial charge in [-0.1, -0.05) is 48.0 Å². The second-order valence-electron chi connectivity index (χ2n) is 1.33. The first kappa shape index (κ1) is 19.1. The first-order chi connectivity index (χ1) is 4.63. The molecule has 0 saturated carbocycles. The molecule has 4 N–H and O–H groups in total. The van der Waals surface area contributed by atoms with Crippen molar-refractivity contribution in [1.29, 1.82) is 0 Å². The van der Waals surface area contributed by atoms with Crippen molar-refractivity contribution in [3.05, 3.63) is 0 Å². The molecule has 0 aromatic rings. The summed E-state index contributed by atoms with van der Waals surface area (Å²) < 4.78 is 0.951. The van der Waals surface area contributed by atoms with Gasteiger partial charge in [0.05, 0.1) is 0 Å². The Kier molecular flexibility index (Phi) is 20.0. The van der Waals surface area contributed by atoms with E-state index in [-0.39, 0.29) is 34.1 Å². The van der Waals surface area contributed by atoms with Gasteiger partial charge in [0.15, 0.2) is 0 Å². The first-order valence-corrected chi connectivity index (χ1v) is 5.26. The minimum Gasteiger partial charge on any atom is -0.385 e. The molecule has 0 rings (SSSR count). The van der Waals surface area contributed by atoms with Crippen molar-refractivity contribution in [2.75, 3.05) is 11.5 Å². The van der Waals surface area contributed by atoms with Crippen molar-refractivity contribution >= 4 is 56.6 Å². The summed E-state index contributed by atoms with van der Waals surface area (Å²) in [5.74, 6) is 1.74. The molecule has 0 amide bonds. The summed E-state index contributed by atoms with van der Waals surface area (Å²) in [5.41, 5.74) is 10.5. The van der Waals surface area contributed by atoms with Crippen LogP contribution in [0.25, 0.3) is 0 Å². The van der Waals surface area contributed by atoms with E-state index in [4.69, 9.17) is 11.5 Å². The van der Waals surface area contributed by atoms with Crippen LogP contribution in [0.4, 0.5) is 0 Å². The molecule has 0 bridgehead atoms. The fourth-order valence-electron chi connectivity index (χ4n) is 0.285. The zero-order chi connectivity index (χ0) is 7.98. The van der Waals surface area contributed by atoms with E-state index in [2.05, 4.69) is 24.4 Å². The van der Waals surface area contributed by atoms with Crippen molar-refractivity contribution in [1.82, 2.24) is 0 Å². The maximum Gasteiger partial charge on any atom is 0.131 e. The van der Waals surface area contributed by atoms with E-state index >= 15 is 0 Å². The van der Waals surface area contributed by atoms with E-state index in [1.54, 1.807) is 0 Å². The van der Waals surface area contributed by atoms with E-state index in [9.17, 15) is 0 Å². The number of rotatable bonds is 3. The molecule has 76 valence electrons. The Morgan fingerprint density at radius 3 is 1.42 bits per heavy atom. The maximum atomic E-state index is 5.23. The normalized spacial score (nSPS) is 7.67. The largest absolute Gasteiger partial charge is 0.385 e. The number of thioether (sulfide) groups is 2. The summed E-state index contributed by atoms with van der Waals surface area (Å²) >= 11 is 12.2. The molecule has 0 saturated heterocycles. The SMILES string of the molecule is NC(=S)SCCSC(N)=S.[Cu].[Mn]. The molecule has 0 aliphatic rings. The molecule has 0 fully saturated rings. The third-order valence-electron chi connectivity index (χ3n) is 0.572. The van der Waals surface area contributed by atoms with Crippen LogP contribution in [0.3, 0.4) is 0 Å². The third kappa shape index (κ3) is 17.6. The Morgan fingerprint density at radius 2 is 1.25 bits per heavy atom. The Bertz CT molecular complexity index is 129. The standard InChI is InChI=1S/C4H8N2S4.Cu.Mn/c5-3(7)9-1-2-10-4(6)8;;/h1-2H2,(H2,5,7)(H2,6,8);;. The van der Waals surface area contributed by atoms with E-state index in [0.29, 0.717) is 8.64 Å². The van der Waals surface area contributed by atoms with Crippen LogP contribution in [0.1, 0.15) is 0 Å². The van der Waals surface area contributed by atoms with Crippen LogP contribution < -0.4 is 11.5 Å². The van der Waals surface area contributed by atoms with Crippen molar-refractivity contribution in [3.63, 3.8) is 0 Å². The topological polar surface area (TPSA) is 52.0 Å². The fraction of sp³-hybridized carbons (Fsp3) is 0.500. The van der Waals surface area contributed by atoms with Crippen LogP contribution in [-0.2, 0) is 34.1 Å². The van der Waals surface area contributed by atoms with Gasteiger partial charge in [-0.05, 0) is 0 Å². The van der Waals surface area contributed by atoms with Crippen LogP contribution in [0.5, 0.6) is 0 Å². The zero-order valence-corrected chi connectivity index (χ0v) is 11.3. The third-order valence-corrected chi connectivity index (χ3v) is 2.92. The summed E-state index contributed by atoms with van der Waals surface area (Å²) in [7, 11) is 0. The van der Waals surface area contributed by atoms with Crippen LogP contribution in [0.2, 0.25) is 0 Å². The summed E-state index contributed by atoms with van der Waals surface area (Å²) in [6, 6.07) is 0. The summed E-state index contributed by atoms with van der Waals surface area (Å²) in [4.78, 5) is 0. The molecule has 12 heavy (non-hydrogen) atoms. The van der Waals surface area contributed by atoms with E-state index in [1.807, 2.05) is 0 Å². The van der Waals surface area contributed by atoms with Gasteiger partial charge in [-0.25, -0.2) is 0 Å². The minimum atomic E-state index is 0. The Labute approximate surface area is 113 Å². The summed E-state index contributed by atoms with van der Waals surface area (Å²) in [5, 5.41) is 0. The predicted molar refractivity (Wildman–Crippen MR) is 58.5 cm³/mol. The second kappa shape index (κ2) is 12.5. The molecule has 0 atom stereocenters. The molecule has 8 heteroatoms. The number of thiocarbonyl (C=S) groups is 2.